The third-order valence-electron chi connectivity index (χ3n) is 5.15. The lowest BCUT2D eigenvalue weighted by molar-refractivity contribution is 0.0678. The highest BCUT2D eigenvalue weighted by atomic mass is 16.2. The molecule has 6 nitrogen and oxygen atoms in total. The number of aromatic nitrogens is 4. The lowest BCUT2D eigenvalue weighted by Gasteiger charge is -2.33. The molecule has 1 aliphatic heterocycles. The first-order chi connectivity index (χ1) is 12.6. The maximum Gasteiger partial charge on any atom is 0.257 e. The molecule has 0 spiro atoms. The van der Waals surface area contributed by atoms with E-state index >= 15 is 0 Å². The number of piperidine rings is 1. The van der Waals surface area contributed by atoms with Gasteiger partial charge >= 0.3 is 0 Å². The van der Waals surface area contributed by atoms with Crippen LogP contribution in [-0.4, -0.2) is 43.2 Å². The van der Waals surface area contributed by atoms with Gasteiger partial charge in [-0.1, -0.05) is 17.7 Å². The van der Waals surface area contributed by atoms with Gasteiger partial charge in [-0.25, -0.2) is 9.67 Å². The Bertz CT molecular complexity index is 895. The van der Waals surface area contributed by atoms with Crippen molar-refractivity contribution in [3.8, 4) is 5.69 Å². The molecule has 1 fully saturated rings. The molecule has 0 saturated carbocycles. The molecule has 3 heterocycles. The zero-order valence-electron chi connectivity index (χ0n) is 15.2. The van der Waals surface area contributed by atoms with Gasteiger partial charge in [0.25, 0.3) is 5.91 Å². The minimum Gasteiger partial charge on any atom is -0.336 e. The summed E-state index contributed by atoms with van der Waals surface area (Å²) in [7, 11) is 0. The number of hydrogen-bond donors (Lipinski definition) is 0. The Balaban J connectivity index is 1.56. The fraction of sp³-hybridized carbons (Fsp3) is 0.350. The first-order valence-electron chi connectivity index (χ1n) is 9.02. The summed E-state index contributed by atoms with van der Waals surface area (Å²) in [5, 5.41) is 4.45. The minimum absolute atomic E-state index is 0.0608. The molecular formula is C20H23N5O. The van der Waals surface area contributed by atoms with Crippen molar-refractivity contribution in [2.75, 3.05) is 13.1 Å². The van der Waals surface area contributed by atoms with Gasteiger partial charge < -0.3 is 9.47 Å². The third kappa shape index (κ3) is 3.03. The number of imidazole rings is 1. The second-order valence-corrected chi connectivity index (χ2v) is 6.95. The summed E-state index contributed by atoms with van der Waals surface area (Å²) in [4.78, 5) is 19.2. The van der Waals surface area contributed by atoms with Crippen LogP contribution in [0.3, 0.4) is 0 Å². The second-order valence-electron chi connectivity index (χ2n) is 6.95. The Morgan fingerprint density at radius 2 is 2.00 bits per heavy atom. The predicted molar refractivity (Wildman–Crippen MR) is 99.4 cm³/mol. The standard InChI is InChI=1S/C20H23N5O/c1-15-5-7-17(8-6-15)25-16(2)19(12-22-25)20(26)23-10-3-4-18(13-23)24-11-9-21-14-24/h5-9,11-12,14,18H,3-4,10,13H2,1-2H3/t18-/m1/s1. The average molecular weight is 349 g/mol. The van der Waals surface area contributed by atoms with Crippen LogP contribution in [0.25, 0.3) is 5.69 Å². The summed E-state index contributed by atoms with van der Waals surface area (Å²) >= 11 is 0. The Hall–Kier alpha value is -2.89. The number of nitrogens with zero attached hydrogens (tertiary/aromatic N) is 5. The summed E-state index contributed by atoms with van der Waals surface area (Å²) in [6.45, 7) is 5.52. The molecule has 134 valence electrons. The minimum atomic E-state index is 0.0608. The van der Waals surface area contributed by atoms with E-state index in [0.717, 1.165) is 30.8 Å². The number of rotatable bonds is 3. The largest absolute Gasteiger partial charge is 0.336 e. The van der Waals surface area contributed by atoms with E-state index in [2.05, 4.69) is 33.7 Å². The molecule has 26 heavy (non-hydrogen) atoms. The monoisotopic (exact) mass is 349 g/mol. The van der Waals surface area contributed by atoms with Crippen molar-refractivity contribution < 1.29 is 4.79 Å². The molecule has 3 aromatic rings. The first-order valence-corrected chi connectivity index (χ1v) is 9.02. The number of carbonyl (C=O) groups is 1. The van der Waals surface area contributed by atoms with Crippen LogP contribution in [0.2, 0.25) is 0 Å². The van der Waals surface area contributed by atoms with E-state index in [1.54, 1.807) is 12.4 Å². The predicted octanol–water partition coefficient (Wildman–Crippen LogP) is 3.16. The van der Waals surface area contributed by atoms with Crippen LogP contribution in [0.1, 0.15) is 40.5 Å². The molecule has 1 amide bonds. The molecule has 0 N–H and O–H groups in total. The average Bonchev–Trinajstić information content (AvgIpc) is 3.32. The van der Waals surface area contributed by atoms with E-state index < -0.39 is 0 Å². The summed E-state index contributed by atoms with van der Waals surface area (Å²) in [5.74, 6) is 0.0608. The van der Waals surface area contributed by atoms with Crippen molar-refractivity contribution >= 4 is 5.91 Å². The maximum atomic E-state index is 13.1. The molecule has 0 radical (unpaired) electrons. The van der Waals surface area contributed by atoms with Crippen LogP contribution in [0.5, 0.6) is 0 Å². The zero-order chi connectivity index (χ0) is 18.1. The molecule has 6 heteroatoms. The van der Waals surface area contributed by atoms with Crippen molar-refractivity contribution in [2.24, 2.45) is 0 Å². The van der Waals surface area contributed by atoms with Crippen LogP contribution in [0.4, 0.5) is 0 Å². The Kier molecular flexibility index (Phi) is 4.32. The van der Waals surface area contributed by atoms with Crippen molar-refractivity contribution in [1.82, 2.24) is 24.2 Å². The molecule has 2 aromatic heterocycles. The fourth-order valence-electron chi connectivity index (χ4n) is 3.60. The number of hydrogen-bond acceptors (Lipinski definition) is 3. The van der Waals surface area contributed by atoms with Crippen LogP contribution >= 0.6 is 0 Å². The molecular weight excluding hydrogens is 326 g/mol. The van der Waals surface area contributed by atoms with Crippen molar-refractivity contribution in [1.29, 1.82) is 0 Å². The van der Waals surface area contributed by atoms with Crippen LogP contribution in [-0.2, 0) is 0 Å². The van der Waals surface area contributed by atoms with Crippen molar-refractivity contribution in [3.63, 3.8) is 0 Å². The van der Waals surface area contributed by atoms with E-state index in [1.807, 2.05) is 41.2 Å². The molecule has 0 unspecified atom stereocenters. The zero-order valence-corrected chi connectivity index (χ0v) is 15.2. The van der Waals surface area contributed by atoms with Gasteiger partial charge in [0, 0.05) is 25.5 Å². The van der Waals surface area contributed by atoms with Gasteiger partial charge in [0.05, 0.1) is 35.5 Å². The molecule has 1 atom stereocenters. The smallest absolute Gasteiger partial charge is 0.257 e. The third-order valence-corrected chi connectivity index (χ3v) is 5.15. The lowest BCUT2D eigenvalue weighted by atomic mass is 10.0. The van der Waals surface area contributed by atoms with E-state index in [1.165, 1.54) is 5.56 Å². The summed E-state index contributed by atoms with van der Waals surface area (Å²) in [5.41, 5.74) is 3.73. The Morgan fingerprint density at radius 1 is 1.19 bits per heavy atom. The lowest BCUT2D eigenvalue weighted by Crippen LogP contribution is -2.40. The first kappa shape index (κ1) is 16.6. The van der Waals surface area contributed by atoms with Gasteiger partial charge in [-0.05, 0) is 38.8 Å². The van der Waals surface area contributed by atoms with E-state index in [9.17, 15) is 4.79 Å². The van der Waals surface area contributed by atoms with E-state index in [-0.39, 0.29) is 5.91 Å². The van der Waals surface area contributed by atoms with Gasteiger partial charge in [-0.2, -0.15) is 5.10 Å². The Morgan fingerprint density at radius 3 is 2.73 bits per heavy atom. The van der Waals surface area contributed by atoms with Gasteiger partial charge in [0.1, 0.15) is 0 Å². The quantitative estimate of drug-likeness (QED) is 0.730. The highest BCUT2D eigenvalue weighted by Gasteiger charge is 2.27. The number of amides is 1. The summed E-state index contributed by atoms with van der Waals surface area (Å²) in [6.07, 6.45) is 9.36. The number of carbonyl (C=O) groups excluding carboxylic acids is 1. The van der Waals surface area contributed by atoms with Crippen LogP contribution < -0.4 is 0 Å². The summed E-state index contributed by atoms with van der Waals surface area (Å²) < 4.78 is 3.94. The van der Waals surface area contributed by atoms with Gasteiger partial charge in [0.15, 0.2) is 0 Å². The molecule has 1 aromatic carbocycles. The second kappa shape index (κ2) is 6.78. The number of likely N-dealkylation sites (tertiary alicyclic amines) is 1. The van der Waals surface area contributed by atoms with Gasteiger partial charge in [-0.3, -0.25) is 4.79 Å². The SMILES string of the molecule is Cc1ccc(-n2ncc(C(=O)N3CCC[C@@H](n4ccnc4)C3)c2C)cc1. The normalized spacial score (nSPS) is 17.5. The molecule has 0 bridgehead atoms. The topological polar surface area (TPSA) is 56.0 Å². The fourth-order valence-corrected chi connectivity index (χ4v) is 3.60. The van der Waals surface area contributed by atoms with Crippen LogP contribution in [0, 0.1) is 13.8 Å². The maximum absolute atomic E-state index is 13.1. The van der Waals surface area contributed by atoms with E-state index in [4.69, 9.17) is 0 Å². The summed E-state index contributed by atoms with van der Waals surface area (Å²) in [6, 6.07) is 8.46. The Labute approximate surface area is 153 Å². The van der Waals surface area contributed by atoms with E-state index in [0.29, 0.717) is 18.2 Å². The van der Waals surface area contributed by atoms with Crippen molar-refractivity contribution in [2.45, 2.75) is 32.7 Å². The van der Waals surface area contributed by atoms with Gasteiger partial charge in [-0.15, -0.1) is 0 Å². The molecule has 0 aliphatic carbocycles. The number of benzene rings is 1. The highest BCUT2D eigenvalue weighted by molar-refractivity contribution is 5.95. The molecule has 1 saturated heterocycles. The highest BCUT2D eigenvalue weighted by Crippen LogP contribution is 2.24. The molecule has 4 rings (SSSR count). The van der Waals surface area contributed by atoms with Gasteiger partial charge in [0.2, 0.25) is 0 Å². The molecule has 1 aliphatic rings. The van der Waals surface area contributed by atoms with Crippen LogP contribution in [0.15, 0.2) is 49.2 Å². The van der Waals surface area contributed by atoms with Crippen molar-refractivity contribution in [3.05, 3.63) is 66.0 Å². The number of aryl methyl sites for hydroxylation is 1.